The highest BCUT2D eigenvalue weighted by atomic mass is 16.5. The molecule has 0 radical (unpaired) electrons. The molecule has 2 rings (SSSR count). The Morgan fingerprint density at radius 3 is 3.06 bits per heavy atom. The minimum Gasteiger partial charge on any atom is -0.377 e. The molecule has 1 aromatic carbocycles. The van der Waals surface area contributed by atoms with Crippen LogP contribution in [0.15, 0.2) is 24.3 Å². The van der Waals surface area contributed by atoms with Gasteiger partial charge in [0.2, 0.25) is 0 Å². The quantitative estimate of drug-likeness (QED) is 0.866. The van der Waals surface area contributed by atoms with Crippen molar-refractivity contribution in [1.82, 2.24) is 5.32 Å². The Hall–Kier alpha value is -1.37. The summed E-state index contributed by atoms with van der Waals surface area (Å²) in [5, 5.41) is 12.4. The second-order valence-corrected chi connectivity index (χ2v) is 4.85. The molecule has 17 heavy (non-hydrogen) atoms. The number of hydrogen-bond donors (Lipinski definition) is 1. The van der Waals surface area contributed by atoms with Gasteiger partial charge in [-0.1, -0.05) is 12.1 Å². The fourth-order valence-corrected chi connectivity index (χ4v) is 2.12. The second kappa shape index (κ2) is 4.87. The highest BCUT2D eigenvalue weighted by molar-refractivity contribution is 5.32. The van der Waals surface area contributed by atoms with Crippen molar-refractivity contribution in [3.63, 3.8) is 0 Å². The molecule has 0 aromatic heterocycles. The number of hydrogen-bond acceptors (Lipinski definition) is 3. The van der Waals surface area contributed by atoms with Gasteiger partial charge in [0.15, 0.2) is 0 Å². The lowest BCUT2D eigenvalue weighted by Gasteiger charge is -2.29. The van der Waals surface area contributed by atoms with E-state index in [2.05, 4.69) is 25.2 Å². The molecule has 90 valence electrons. The van der Waals surface area contributed by atoms with Gasteiger partial charge in [-0.25, -0.2) is 0 Å². The van der Waals surface area contributed by atoms with E-state index in [1.807, 2.05) is 24.3 Å². The topological polar surface area (TPSA) is 45.0 Å². The van der Waals surface area contributed by atoms with E-state index in [1.165, 1.54) is 0 Å². The predicted molar refractivity (Wildman–Crippen MR) is 66.4 cm³/mol. The highest BCUT2D eigenvalue weighted by Crippen LogP contribution is 2.25. The van der Waals surface area contributed by atoms with Gasteiger partial charge < -0.3 is 10.1 Å². The van der Waals surface area contributed by atoms with Gasteiger partial charge in [-0.15, -0.1) is 0 Å². The molecule has 0 bridgehead atoms. The number of nitrogens with zero attached hydrogens (tertiary/aromatic N) is 1. The molecular weight excluding hydrogens is 212 g/mol. The molecule has 1 heterocycles. The van der Waals surface area contributed by atoms with Gasteiger partial charge in [0, 0.05) is 18.7 Å². The summed E-state index contributed by atoms with van der Waals surface area (Å²) in [7, 11) is 0. The van der Waals surface area contributed by atoms with Crippen LogP contribution in [0.25, 0.3) is 0 Å². The van der Waals surface area contributed by atoms with Crippen molar-refractivity contribution in [2.45, 2.75) is 38.5 Å². The van der Waals surface area contributed by atoms with Crippen molar-refractivity contribution in [3.8, 4) is 6.07 Å². The molecule has 3 heteroatoms. The lowest BCUT2D eigenvalue weighted by atomic mass is 9.94. The van der Waals surface area contributed by atoms with Crippen LogP contribution < -0.4 is 5.32 Å². The summed E-state index contributed by atoms with van der Waals surface area (Å²) in [6.45, 7) is 5.90. The summed E-state index contributed by atoms with van der Waals surface area (Å²) >= 11 is 0. The Balaban J connectivity index is 2.00. The molecule has 1 aliphatic rings. The first-order valence-corrected chi connectivity index (χ1v) is 6.00. The first-order chi connectivity index (χ1) is 8.14. The zero-order valence-electron chi connectivity index (χ0n) is 10.4. The lowest BCUT2D eigenvalue weighted by Crippen LogP contribution is -2.47. The summed E-state index contributed by atoms with van der Waals surface area (Å²) in [5.41, 5.74) is 1.90. The van der Waals surface area contributed by atoms with Crippen LogP contribution in [-0.4, -0.2) is 18.2 Å². The molecule has 0 saturated carbocycles. The van der Waals surface area contributed by atoms with Crippen LogP contribution in [0.3, 0.4) is 0 Å². The van der Waals surface area contributed by atoms with Gasteiger partial charge in [0.05, 0.1) is 17.7 Å². The maximum absolute atomic E-state index is 8.84. The largest absolute Gasteiger partial charge is 0.377 e. The van der Waals surface area contributed by atoms with Gasteiger partial charge in [0.25, 0.3) is 0 Å². The molecule has 2 unspecified atom stereocenters. The monoisotopic (exact) mass is 230 g/mol. The van der Waals surface area contributed by atoms with Crippen LogP contribution >= 0.6 is 0 Å². The van der Waals surface area contributed by atoms with Crippen molar-refractivity contribution in [2.24, 2.45) is 0 Å². The van der Waals surface area contributed by atoms with Crippen LogP contribution in [0.2, 0.25) is 0 Å². The standard InChI is InChI=1S/C14H18N2O/c1-11-14(2,6-7-17-11)16-10-13-5-3-4-12(8-13)9-15/h3-5,8,11,16H,6-7,10H2,1-2H3. The number of ether oxygens (including phenoxy) is 1. The molecule has 1 aliphatic heterocycles. The van der Waals surface area contributed by atoms with Crippen molar-refractivity contribution in [2.75, 3.05) is 6.61 Å². The molecule has 1 saturated heterocycles. The molecule has 1 fully saturated rings. The summed E-state index contributed by atoms with van der Waals surface area (Å²) < 4.78 is 5.59. The molecule has 0 aliphatic carbocycles. The third kappa shape index (κ3) is 2.66. The van der Waals surface area contributed by atoms with Crippen molar-refractivity contribution >= 4 is 0 Å². The zero-order valence-corrected chi connectivity index (χ0v) is 10.4. The Morgan fingerprint density at radius 1 is 1.59 bits per heavy atom. The Morgan fingerprint density at radius 2 is 2.41 bits per heavy atom. The first-order valence-electron chi connectivity index (χ1n) is 6.00. The predicted octanol–water partition coefficient (Wildman–Crippen LogP) is 2.22. The zero-order chi connectivity index (χ0) is 12.3. The van der Waals surface area contributed by atoms with Gasteiger partial charge in [-0.3, -0.25) is 0 Å². The molecule has 1 aromatic rings. The minimum absolute atomic E-state index is 0.0443. The van der Waals surface area contributed by atoms with Crippen LogP contribution in [-0.2, 0) is 11.3 Å². The number of rotatable bonds is 3. The third-order valence-corrected chi connectivity index (χ3v) is 3.64. The Labute approximate surface area is 102 Å². The maximum Gasteiger partial charge on any atom is 0.0991 e. The van der Waals surface area contributed by atoms with E-state index in [0.29, 0.717) is 5.56 Å². The van der Waals surface area contributed by atoms with Crippen LogP contribution in [0.1, 0.15) is 31.4 Å². The van der Waals surface area contributed by atoms with Crippen molar-refractivity contribution in [1.29, 1.82) is 5.26 Å². The summed E-state index contributed by atoms with van der Waals surface area (Å²) in [4.78, 5) is 0. The van der Waals surface area contributed by atoms with Crippen LogP contribution in [0.5, 0.6) is 0 Å². The fourth-order valence-electron chi connectivity index (χ4n) is 2.12. The van der Waals surface area contributed by atoms with Gasteiger partial charge >= 0.3 is 0 Å². The highest BCUT2D eigenvalue weighted by Gasteiger charge is 2.36. The number of benzene rings is 1. The molecule has 0 spiro atoms. The molecular formula is C14H18N2O. The number of nitrogens with one attached hydrogen (secondary N) is 1. The SMILES string of the molecule is CC1OCCC1(C)NCc1cccc(C#N)c1. The third-order valence-electron chi connectivity index (χ3n) is 3.64. The van der Waals surface area contributed by atoms with E-state index in [1.54, 1.807) is 0 Å². The molecule has 3 nitrogen and oxygen atoms in total. The lowest BCUT2D eigenvalue weighted by molar-refractivity contribution is 0.0881. The average molecular weight is 230 g/mol. The van der Waals surface area contributed by atoms with E-state index < -0.39 is 0 Å². The smallest absolute Gasteiger partial charge is 0.0991 e. The number of nitriles is 1. The normalized spacial score (nSPS) is 27.9. The first kappa shape index (κ1) is 12.1. The van der Waals surface area contributed by atoms with E-state index >= 15 is 0 Å². The van der Waals surface area contributed by atoms with E-state index in [9.17, 15) is 0 Å². The molecule has 0 amide bonds. The van der Waals surface area contributed by atoms with Crippen LogP contribution in [0.4, 0.5) is 0 Å². The van der Waals surface area contributed by atoms with Gasteiger partial charge in [0.1, 0.15) is 0 Å². The van der Waals surface area contributed by atoms with Crippen molar-refractivity contribution in [3.05, 3.63) is 35.4 Å². The summed E-state index contributed by atoms with van der Waals surface area (Å²) in [5.74, 6) is 0. The average Bonchev–Trinajstić information content (AvgIpc) is 2.68. The maximum atomic E-state index is 8.84. The van der Waals surface area contributed by atoms with E-state index in [4.69, 9.17) is 10.00 Å². The van der Waals surface area contributed by atoms with Crippen molar-refractivity contribution < 1.29 is 4.74 Å². The van der Waals surface area contributed by atoms with E-state index in [0.717, 1.165) is 25.1 Å². The molecule has 2 atom stereocenters. The second-order valence-electron chi connectivity index (χ2n) is 4.85. The Bertz CT molecular complexity index is 438. The molecule has 1 N–H and O–H groups in total. The fraction of sp³-hybridized carbons (Fsp3) is 0.500. The van der Waals surface area contributed by atoms with Crippen LogP contribution in [0, 0.1) is 11.3 Å². The summed E-state index contributed by atoms with van der Waals surface area (Å²) in [6.07, 6.45) is 1.27. The Kier molecular flexibility index (Phi) is 3.46. The van der Waals surface area contributed by atoms with Gasteiger partial charge in [-0.2, -0.15) is 5.26 Å². The minimum atomic E-state index is 0.0443. The van der Waals surface area contributed by atoms with E-state index in [-0.39, 0.29) is 11.6 Å². The van der Waals surface area contributed by atoms with Gasteiger partial charge in [-0.05, 0) is 38.0 Å². The summed E-state index contributed by atoms with van der Waals surface area (Å²) in [6, 6.07) is 9.88.